The van der Waals surface area contributed by atoms with Crippen LogP contribution in [0.1, 0.15) is 19.8 Å². The number of ketones is 1. The van der Waals surface area contributed by atoms with E-state index in [0.717, 1.165) is 5.75 Å². The average molecular weight is 219 g/mol. The van der Waals surface area contributed by atoms with Gasteiger partial charge >= 0.3 is 0 Å². The minimum atomic E-state index is -0.243. The lowest BCUT2D eigenvalue weighted by atomic mass is 10.2. The van der Waals surface area contributed by atoms with Crippen molar-refractivity contribution in [2.45, 2.75) is 19.8 Å². The fourth-order valence-electron chi connectivity index (χ4n) is 1.18. The Kier molecular flexibility index (Phi) is 5.12. The van der Waals surface area contributed by atoms with Gasteiger partial charge in [0.25, 0.3) is 0 Å². The fourth-order valence-corrected chi connectivity index (χ4v) is 1.18. The molecule has 0 heterocycles. The molecule has 0 aliphatic heterocycles. The summed E-state index contributed by atoms with van der Waals surface area (Å²) >= 11 is 0. The molecule has 16 heavy (non-hydrogen) atoms. The lowest BCUT2D eigenvalue weighted by molar-refractivity contribution is -0.118. The van der Waals surface area contributed by atoms with Crippen LogP contribution in [0, 0.1) is 6.07 Å². The van der Waals surface area contributed by atoms with Gasteiger partial charge in [-0.25, -0.2) is 0 Å². The molecule has 0 saturated carbocycles. The molecule has 85 valence electrons. The van der Waals surface area contributed by atoms with Crippen molar-refractivity contribution in [3.8, 4) is 5.75 Å². The topological polar surface area (TPSA) is 46.5 Å². The van der Waals surface area contributed by atoms with Gasteiger partial charge < -0.3 is 9.84 Å². The molecular formula is C13H15O3. The van der Waals surface area contributed by atoms with Crippen LogP contribution in [-0.4, -0.2) is 17.5 Å². The molecule has 3 nitrogen and oxygen atoms in total. The third-order valence-electron chi connectivity index (χ3n) is 2.06. The summed E-state index contributed by atoms with van der Waals surface area (Å²) in [6.07, 6.45) is 2.29. The van der Waals surface area contributed by atoms with Crippen molar-refractivity contribution < 1.29 is 14.6 Å². The van der Waals surface area contributed by atoms with E-state index in [1.165, 1.54) is 6.08 Å². The average Bonchev–Trinajstić information content (AvgIpc) is 2.34. The van der Waals surface area contributed by atoms with E-state index in [9.17, 15) is 4.79 Å². The Morgan fingerprint density at radius 3 is 2.81 bits per heavy atom. The molecule has 0 unspecified atom stereocenters. The normalized spacial score (nSPS) is 11.2. The number of rotatable bonds is 6. The molecule has 0 amide bonds. The summed E-state index contributed by atoms with van der Waals surface area (Å²) in [6, 6.07) is 10.1. The van der Waals surface area contributed by atoms with Gasteiger partial charge in [-0.2, -0.15) is 0 Å². The van der Waals surface area contributed by atoms with Crippen LogP contribution in [0.3, 0.4) is 0 Å². The summed E-state index contributed by atoms with van der Waals surface area (Å²) in [5.41, 5.74) is 0. The van der Waals surface area contributed by atoms with Crippen LogP contribution < -0.4 is 4.74 Å². The molecule has 1 N–H and O–H groups in total. The molecule has 0 bridgehead atoms. The van der Waals surface area contributed by atoms with Gasteiger partial charge in [0.1, 0.15) is 5.75 Å². The van der Waals surface area contributed by atoms with Crippen molar-refractivity contribution in [2.75, 3.05) is 6.61 Å². The lowest BCUT2D eigenvalue weighted by Crippen LogP contribution is -2.05. The van der Waals surface area contributed by atoms with Gasteiger partial charge in [-0.15, -0.1) is 0 Å². The molecule has 0 aliphatic rings. The maximum Gasteiger partial charge on any atom is 0.196 e. The highest BCUT2D eigenvalue weighted by Gasteiger charge is 2.05. The minimum absolute atomic E-state index is 0.172. The van der Waals surface area contributed by atoms with Crippen molar-refractivity contribution in [1.82, 2.24) is 0 Å². The maximum absolute atomic E-state index is 11.2. The zero-order valence-corrected chi connectivity index (χ0v) is 9.27. The minimum Gasteiger partial charge on any atom is -0.505 e. The van der Waals surface area contributed by atoms with E-state index in [0.29, 0.717) is 19.4 Å². The van der Waals surface area contributed by atoms with Gasteiger partial charge in [0.05, 0.1) is 6.61 Å². The van der Waals surface area contributed by atoms with E-state index < -0.39 is 0 Å². The van der Waals surface area contributed by atoms with E-state index in [-0.39, 0.29) is 11.5 Å². The number of hydrogen-bond acceptors (Lipinski definition) is 3. The van der Waals surface area contributed by atoms with Crippen LogP contribution in [0.25, 0.3) is 0 Å². The second-order valence-electron chi connectivity index (χ2n) is 3.28. The highest BCUT2D eigenvalue weighted by atomic mass is 16.5. The maximum atomic E-state index is 11.2. The zero-order chi connectivity index (χ0) is 11.8. The number of carbonyl (C=O) groups excluding carboxylic acids is 1. The Bertz CT molecular complexity index is 355. The molecule has 1 aromatic rings. The standard InChI is InChI=1S/C13H15O3/c1-2-12(14)13(15)9-6-10-16-11-7-4-3-5-8-11/h2,4-5,7-8,14H,6,9-10H2,1H3. The van der Waals surface area contributed by atoms with E-state index in [1.54, 1.807) is 19.1 Å². The molecule has 0 atom stereocenters. The van der Waals surface area contributed by atoms with Crippen LogP contribution in [-0.2, 0) is 4.79 Å². The molecule has 0 aliphatic carbocycles. The summed E-state index contributed by atoms with van der Waals surface area (Å²) in [4.78, 5) is 11.2. The van der Waals surface area contributed by atoms with Crippen LogP contribution >= 0.6 is 0 Å². The first-order valence-electron chi connectivity index (χ1n) is 5.21. The van der Waals surface area contributed by atoms with Crippen LogP contribution in [0.5, 0.6) is 5.75 Å². The SMILES string of the molecule is CC=C(O)C(=O)CCCOc1cc[c]cc1. The Hall–Kier alpha value is -1.77. The molecule has 0 saturated heterocycles. The Labute approximate surface area is 95.4 Å². The van der Waals surface area contributed by atoms with Crippen LogP contribution in [0.2, 0.25) is 0 Å². The Balaban J connectivity index is 2.20. The summed E-state index contributed by atoms with van der Waals surface area (Å²) in [6.45, 7) is 2.09. The molecule has 0 fully saturated rings. The van der Waals surface area contributed by atoms with E-state index in [2.05, 4.69) is 6.07 Å². The highest BCUT2D eigenvalue weighted by Crippen LogP contribution is 2.09. The van der Waals surface area contributed by atoms with Crippen molar-refractivity contribution in [1.29, 1.82) is 0 Å². The Morgan fingerprint density at radius 2 is 2.19 bits per heavy atom. The van der Waals surface area contributed by atoms with Crippen molar-refractivity contribution in [2.24, 2.45) is 0 Å². The summed E-state index contributed by atoms with van der Waals surface area (Å²) in [5, 5.41) is 9.11. The van der Waals surface area contributed by atoms with E-state index in [4.69, 9.17) is 9.84 Å². The van der Waals surface area contributed by atoms with Gasteiger partial charge in [-0.3, -0.25) is 4.79 Å². The van der Waals surface area contributed by atoms with E-state index >= 15 is 0 Å². The monoisotopic (exact) mass is 219 g/mol. The smallest absolute Gasteiger partial charge is 0.196 e. The van der Waals surface area contributed by atoms with Gasteiger partial charge in [0.2, 0.25) is 0 Å². The van der Waals surface area contributed by atoms with Crippen LogP contribution in [0.4, 0.5) is 0 Å². The number of benzene rings is 1. The number of allylic oxidation sites excluding steroid dienone is 2. The van der Waals surface area contributed by atoms with Crippen LogP contribution in [0.15, 0.2) is 36.1 Å². The molecule has 0 spiro atoms. The zero-order valence-electron chi connectivity index (χ0n) is 9.27. The summed E-state index contributed by atoms with van der Waals surface area (Å²) in [7, 11) is 0. The van der Waals surface area contributed by atoms with Gasteiger partial charge in [-0.05, 0) is 37.6 Å². The van der Waals surface area contributed by atoms with Gasteiger partial charge in [-0.1, -0.05) is 12.1 Å². The summed E-state index contributed by atoms with van der Waals surface area (Å²) < 4.78 is 5.40. The lowest BCUT2D eigenvalue weighted by Gasteiger charge is -2.04. The van der Waals surface area contributed by atoms with Crippen molar-refractivity contribution in [3.63, 3.8) is 0 Å². The van der Waals surface area contributed by atoms with Crippen molar-refractivity contribution >= 4 is 5.78 Å². The molecular weight excluding hydrogens is 204 g/mol. The van der Waals surface area contributed by atoms with Gasteiger partial charge in [0, 0.05) is 6.42 Å². The second kappa shape index (κ2) is 6.67. The molecule has 3 heteroatoms. The largest absolute Gasteiger partial charge is 0.505 e. The number of carbonyl (C=O) groups is 1. The quantitative estimate of drug-likeness (QED) is 0.454. The third kappa shape index (κ3) is 4.17. The highest BCUT2D eigenvalue weighted by molar-refractivity contribution is 5.92. The third-order valence-corrected chi connectivity index (χ3v) is 2.06. The molecule has 0 aromatic heterocycles. The number of aliphatic hydroxyl groups excluding tert-OH is 1. The molecule has 1 rings (SSSR count). The van der Waals surface area contributed by atoms with E-state index in [1.807, 2.05) is 12.1 Å². The van der Waals surface area contributed by atoms with Gasteiger partial charge in [0.15, 0.2) is 11.5 Å². The number of hydrogen-bond donors (Lipinski definition) is 1. The van der Waals surface area contributed by atoms with Crippen molar-refractivity contribution in [3.05, 3.63) is 42.2 Å². The number of aliphatic hydroxyl groups is 1. The first-order valence-corrected chi connectivity index (χ1v) is 5.21. The molecule has 1 aromatic carbocycles. The molecule has 1 radical (unpaired) electrons. The fraction of sp³-hybridized carbons (Fsp3) is 0.308. The predicted molar refractivity (Wildman–Crippen MR) is 61.4 cm³/mol. The predicted octanol–water partition coefficient (Wildman–Crippen LogP) is 2.68. The first-order chi connectivity index (χ1) is 7.74. The summed E-state index contributed by atoms with van der Waals surface area (Å²) in [5.74, 6) is 0.350. The number of ether oxygens (including phenoxy) is 1. The Morgan fingerprint density at radius 1 is 1.50 bits per heavy atom. The second-order valence-corrected chi connectivity index (χ2v) is 3.28. The first kappa shape index (κ1) is 12.3. The number of Topliss-reactive ketones (excluding diaryl/α,β-unsaturated/α-hetero) is 1.